The number of nitrogens with zero attached hydrogens (tertiary/aromatic N) is 2. The van der Waals surface area contributed by atoms with Crippen LogP contribution < -0.4 is 10.6 Å². The molecule has 1 aliphatic heterocycles. The van der Waals surface area contributed by atoms with Gasteiger partial charge in [-0.3, -0.25) is 0 Å². The highest BCUT2D eigenvalue weighted by atomic mass is 16.3. The molecule has 1 aromatic rings. The van der Waals surface area contributed by atoms with E-state index < -0.39 is 5.54 Å². The number of hydrogen-bond acceptors (Lipinski definition) is 4. The van der Waals surface area contributed by atoms with E-state index in [1.807, 2.05) is 19.1 Å². The van der Waals surface area contributed by atoms with Crippen LogP contribution in [0.4, 0.5) is 5.82 Å². The second-order valence-electron chi connectivity index (χ2n) is 5.00. The summed E-state index contributed by atoms with van der Waals surface area (Å²) >= 11 is 0. The summed E-state index contributed by atoms with van der Waals surface area (Å²) in [6.07, 6.45) is 5.49. The van der Waals surface area contributed by atoms with Gasteiger partial charge >= 0.3 is 0 Å². The first-order chi connectivity index (χ1) is 8.15. The van der Waals surface area contributed by atoms with Gasteiger partial charge in [-0.25, -0.2) is 4.98 Å². The maximum atomic E-state index is 9.40. The molecule has 94 valence electrons. The number of rotatable bonds is 3. The summed E-state index contributed by atoms with van der Waals surface area (Å²) in [6.45, 7) is 3.84. The van der Waals surface area contributed by atoms with E-state index in [0.717, 1.165) is 24.5 Å². The normalized spacial score (nSPS) is 20.1. The summed E-state index contributed by atoms with van der Waals surface area (Å²) in [7, 11) is 0. The van der Waals surface area contributed by atoms with Crippen LogP contribution in [0, 0.1) is 0 Å². The molecular weight excluding hydrogens is 214 g/mol. The molecule has 1 fully saturated rings. The van der Waals surface area contributed by atoms with Crippen molar-refractivity contribution >= 4 is 5.82 Å². The first-order valence-electron chi connectivity index (χ1n) is 6.25. The predicted molar refractivity (Wildman–Crippen MR) is 68.9 cm³/mol. The van der Waals surface area contributed by atoms with Crippen molar-refractivity contribution in [2.75, 3.05) is 24.6 Å². The quantitative estimate of drug-likeness (QED) is 0.827. The highest BCUT2D eigenvalue weighted by Crippen LogP contribution is 2.28. The van der Waals surface area contributed by atoms with Gasteiger partial charge in [0.15, 0.2) is 0 Å². The molecule has 2 heterocycles. The van der Waals surface area contributed by atoms with Gasteiger partial charge in [-0.1, -0.05) is 6.07 Å². The monoisotopic (exact) mass is 235 g/mol. The standard InChI is InChI=1S/C13H21N3O/c1-13(14,10-17)11-6-5-7-15-12(11)16-8-3-2-4-9-16/h5-7,17H,2-4,8-10,14H2,1H3. The van der Waals surface area contributed by atoms with E-state index in [1.165, 1.54) is 19.3 Å². The van der Waals surface area contributed by atoms with E-state index in [4.69, 9.17) is 5.73 Å². The molecule has 1 aliphatic rings. The molecule has 0 aromatic carbocycles. The Labute approximate surface area is 102 Å². The summed E-state index contributed by atoms with van der Waals surface area (Å²) in [6, 6.07) is 3.84. The van der Waals surface area contributed by atoms with Crippen LogP contribution in [0.15, 0.2) is 18.3 Å². The lowest BCUT2D eigenvalue weighted by atomic mass is 9.94. The van der Waals surface area contributed by atoms with Gasteiger partial charge in [0.1, 0.15) is 5.82 Å². The number of hydrogen-bond donors (Lipinski definition) is 2. The van der Waals surface area contributed by atoms with Gasteiger partial charge in [0, 0.05) is 24.8 Å². The minimum atomic E-state index is -0.721. The van der Waals surface area contributed by atoms with Crippen molar-refractivity contribution in [3.05, 3.63) is 23.9 Å². The number of nitrogens with two attached hydrogens (primary N) is 1. The third-order valence-electron chi connectivity index (χ3n) is 3.39. The molecule has 17 heavy (non-hydrogen) atoms. The number of anilines is 1. The topological polar surface area (TPSA) is 62.4 Å². The highest BCUT2D eigenvalue weighted by molar-refractivity contribution is 5.50. The molecule has 1 unspecified atom stereocenters. The van der Waals surface area contributed by atoms with Crippen LogP contribution in [0.1, 0.15) is 31.7 Å². The smallest absolute Gasteiger partial charge is 0.133 e. The van der Waals surface area contributed by atoms with Gasteiger partial charge in [0.05, 0.1) is 12.1 Å². The van der Waals surface area contributed by atoms with Crippen molar-refractivity contribution in [1.82, 2.24) is 4.98 Å². The molecule has 1 atom stereocenters. The molecule has 2 rings (SSSR count). The van der Waals surface area contributed by atoms with E-state index in [-0.39, 0.29) is 6.61 Å². The fourth-order valence-corrected chi connectivity index (χ4v) is 2.29. The summed E-state index contributed by atoms with van der Waals surface area (Å²) in [5, 5.41) is 9.40. The molecule has 3 N–H and O–H groups in total. The number of piperidine rings is 1. The zero-order valence-corrected chi connectivity index (χ0v) is 10.4. The molecule has 0 radical (unpaired) electrons. The maximum Gasteiger partial charge on any atom is 0.133 e. The summed E-state index contributed by atoms with van der Waals surface area (Å²) < 4.78 is 0. The molecule has 4 nitrogen and oxygen atoms in total. The first-order valence-corrected chi connectivity index (χ1v) is 6.25. The molecule has 0 aliphatic carbocycles. The average molecular weight is 235 g/mol. The number of pyridine rings is 1. The Kier molecular flexibility index (Phi) is 3.64. The van der Waals surface area contributed by atoms with Crippen LogP contribution in [-0.2, 0) is 5.54 Å². The van der Waals surface area contributed by atoms with Crippen molar-refractivity contribution in [3.8, 4) is 0 Å². The van der Waals surface area contributed by atoms with Crippen LogP contribution in [0.2, 0.25) is 0 Å². The fourth-order valence-electron chi connectivity index (χ4n) is 2.29. The third-order valence-corrected chi connectivity index (χ3v) is 3.39. The van der Waals surface area contributed by atoms with E-state index >= 15 is 0 Å². The average Bonchev–Trinajstić information content (AvgIpc) is 2.40. The lowest BCUT2D eigenvalue weighted by Gasteiger charge is -2.33. The predicted octanol–water partition coefficient (Wildman–Crippen LogP) is 1.24. The van der Waals surface area contributed by atoms with E-state index in [9.17, 15) is 5.11 Å². The van der Waals surface area contributed by atoms with Crippen LogP contribution in [0.5, 0.6) is 0 Å². The number of aromatic nitrogens is 1. The number of aliphatic hydroxyl groups is 1. The third kappa shape index (κ3) is 2.58. The first kappa shape index (κ1) is 12.3. The zero-order valence-electron chi connectivity index (χ0n) is 10.4. The molecule has 1 saturated heterocycles. The van der Waals surface area contributed by atoms with Gasteiger partial charge in [-0.15, -0.1) is 0 Å². The second kappa shape index (κ2) is 5.02. The fraction of sp³-hybridized carbons (Fsp3) is 0.615. The SMILES string of the molecule is CC(N)(CO)c1cccnc1N1CCCCC1. The molecule has 0 bridgehead atoms. The lowest BCUT2D eigenvalue weighted by Crippen LogP contribution is -2.40. The molecule has 0 amide bonds. The van der Waals surface area contributed by atoms with Crippen molar-refractivity contribution < 1.29 is 5.11 Å². The molecular formula is C13H21N3O. The van der Waals surface area contributed by atoms with Gasteiger partial charge in [0.25, 0.3) is 0 Å². The Morgan fingerprint density at radius 2 is 2.12 bits per heavy atom. The van der Waals surface area contributed by atoms with Gasteiger partial charge in [-0.2, -0.15) is 0 Å². The van der Waals surface area contributed by atoms with Crippen molar-refractivity contribution in [3.63, 3.8) is 0 Å². The van der Waals surface area contributed by atoms with Gasteiger partial charge in [-0.05, 0) is 32.3 Å². The van der Waals surface area contributed by atoms with E-state index in [1.54, 1.807) is 6.20 Å². The Morgan fingerprint density at radius 3 is 2.76 bits per heavy atom. The van der Waals surface area contributed by atoms with Crippen LogP contribution in [0.3, 0.4) is 0 Å². The minimum absolute atomic E-state index is 0.0699. The highest BCUT2D eigenvalue weighted by Gasteiger charge is 2.26. The van der Waals surface area contributed by atoms with E-state index in [2.05, 4.69) is 9.88 Å². The van der Waals surface area contributed by atoms with Crippen molar-refractivity contribution in [2.45, 2.75) is 31.7 Å². The zero-order chi connectivity index (χ0) is 12.3. The summed E-state index contributed by atoms with van der Waals surface area (Å²) in [5.41, 5.74) is 6.34. The van der Waals surface area contributed by atoms with Crippen molar-refractivity contribution in [1.29, 1.82) is 0 Å². The Balaban J connectivity index is 2.33. The molecule has 0 saturated carbocycles. The Hall–Kier alpha value is -1.13. The van der Waals surface area contributed by atoms with Crippen LogP contribution in [-0.4, -0.2) is 29.8 Å². The lowest BCUT2D eigenvalue weighted by molar-refractivity contribution is 0.210. The largest absolute Gasteiger partial charge is 0.394 e. The van der Waals surface area contributed by atoms with Crippen LogP contribution in [0.25, 0.3) is 0 Å². The maximum absolute atomic E-state index is 9.40. The van der Waals surface area contributed by atoms with Gasteiger partial charge < -0.3 is 15.7 Å². The number of aliphatic hydroxyl groups excluding tert-OH is 1. The molecule has 1 aromatic heterocycles. The molecule has 0 spiro atoms. The van der Waals surface area contributed by atoms with Crippen molar-refractivity contribution in [2.24, 2.45) is 5.73 Å². The van der Waals surface area contributed by atoms with Crippen LogP contribution >= 0.6 is 0 Å². The second-order valence-corrected chi connectivity index (χ2v) is 5.00. The Bertz CT molecular complexity index is 373. The Morgan fingerprint density at radius 1 is 1.41 bits per heavy atom. The van der Waals surface area contributed by atoms with Gasteiger partial charge in [0.2, 0.25) is 0 Å². The minimum Gasteiger partial charge on any atom is -0.394 e. The summed E-state index contributed by atoms with van der Waals surface area (Å²) in [5.74, 6) is 0.936. The van der Waals surface area contributed by atoms with E-state index in [0.29, 0.717) is 0 Å². The molecule has 4 heteroatoms. The summed E-state index contributed by atoms with van der Waals surface area (Å²) in [4.78, 5) is 6.73.